The highest BCUT2D eigenvalue weighted by Gasteiger charge is 2.43. The number of carbonyl (C=O) groups excluding carboxylic acids is 1. The summed E-state index contributed by atoms with van der Waals surface area (Å²) in [4.78, 5) is 33.2. The molecule has 0 saturated heterocycles. The molecule has 3 heterocycles. The van der Waals surface area contributed by atoms with Crippen LogP contribution in [0.5, 0.6) is 0 Å². The van der Waals surface area contributed by atoms with Gasteiger partial charge in [0.15, 0.2) is 11.9 Å². The van der Waals surface area contributed by atoms with E-state index in [-0.39, 0.29) is 17.6 Å². The van der Waals surface area contributed by atoms with Crippen molar-refractivity contribution in [1.82, 2.24) is 20.3 Å². The number of nitrogens with zero attached hydrogens (tertiary/aromatic N) is 4. The molecule has 1 aromatic carbocycles. The van der Waals surface area contributed by atoms with Crippen molar-refractivity contribution in [3.05, 3.63) is 70.9 Å². The third kappa shape index (κ3) is 4.19. The Bertz CT molecular complexity index is 1140. The van der Waals surface area contributed by atoms with Crippen molar-refractivity contribution in [2.24, 2.45) is 4.99 Å². The molecule has 2 aromatic rings. The quantitative estimate of drug-likeness (QED) is 0.715. The molecule has 0 fully saturated rings. The average molecular weight is 451 g/mol. The van der Waals surface area contributed by atoms with Gasteiger partial charge in [-0.1, -0.05) is 42.4 Å². The van der Waals surface area contributed by atoms with Gasteiger partial charge in [0.05, 0.1) is 31.6 Å². The lowest BCUT2D eigenvalue weighted by Crippen LogP contribution is -2.59. The first-order chi connectivity index (χ1) is 15.9. The Morgan fingerprint density at radius 1 is 1.33 bits per heavy atom. The minimum absolute atomic E-state index is 0.00497. The molecular formula is C23H25N5O5. The number of ether oxygens (including phenoxy) is 1. The van der Waals surface area contributed by atoms with Gasteiger partial charge in [-0.15, -0.1) is 0 Å². The predicted octanol–water partition coefficient (Wildman–Crippen LogP) is 3.32. The fourth-order valence-corrected chi connectivity index (χ4v) is 3.96. The number of methoxy groups -OCH3 is 1. The second-order valence-corrected chi connectivity index (χ2v) is 7.65. The van der Waals surface area contributed by atoms with Crippen LogP contribution in [-0.4, -0.2) is 51.4 Å². The number of carboxylic acid groups (broad SMARTS) is 1. The van der Waals surface area contributed by atoms with Gasteiger partial charge in [0.2, 0.25) is 0 Å². The summed E-state index contributed by atoms with van der Waals surface area (Å²) in [6.07, 6.45) is 4.32. The van der Waals surface area contributed by atoms with Crippen LogP contribution in [-0.2, 0) is 16.1 Å². The SMILES string of the molecule is CCC1=C(C(=O)O)C(N2C=Cc3oncc3C2)N(C(=O)NC(C)c2ccccc2)C(OC)=N1. The van der Waals surface area contributed by atoms with Crippen LogP contribution in [0.25, 0.3) is 6.08 Å². The van der Waals surface area contributed by atoms with Crippen molar-refractivity contribution in [3.63, 3.8) is 0 Å². The van der Waals surface area contributed by atoms with Gasteiger partial charge in [0.25, 0.3) is 0 Å². The summed E-state index contributed by atoms with van der Waals surface area (Å²) in [5.41, 5.74) is 2.03. The second-order valence-electron chi connectivity index (χ2n) is 7.65. The van der Waals surface area contributed by atoms with Gasteiger partial charge in [-0.05, 0) is 25.0 Å². The van der Waals surface area contributed by atoms with Crippen molar-refractivity contribution in [3.8, 4) is 0 Å². The third-order valence-electron chi connectivity index (χ3n) is 5.62. The van der Waals surface area contributed by atoms with Gasteiger partial charge >= 0.3 is 18.0 Å². The summed E-state index contributed by atoms with van der Waals surface area (Å²) < 4.78 is 10.6. The maximum atomic E-state index is 13.5. The van der Waals surface area contributed by atoms with E-state index in [4.69, 9.17) is 9.26 Å². The number of aliphatic carboxylic acids is 1. The van der Waals surface area contributed by atoms with E-state index < -0.39 is 18.2 Å². The summed E-state index contributed by atoms with van der Waals surface area (Å²) >= 11 is 0. The first-order valence-corrected chi connectivity index (χ1v) is 10.6. The summed E-state index contributed by atoms with van der Waals surface area (Å²) in [5.74, 6) is -0.567. The zero-order chi connectivity index (χ0) is 23.5. The molecule has 0 spiro atoms. The van der Waals surface area contributed by atoms with Gasteiger partial charge in [-0.25, -0.2) is 19.5 Å². The molecule has 0 aliphatic carbocycles. The largest absolute Gasteiger partial charge is 0.478 e. The van der Waals surface area contributed by atoms with E-state index in [1.807, 2.05) is 44.2 Å². The fraction of sp³-hybridized carbons (Fsp3) is 0.304. The molecule has 2 aliphatic heterocycles. The molecule has 10 nitrogen and oxygen atoms in total. The van der Waals surface area contributed by atoms with Gasteiger partial charge in [-0.2, -0.15) is 0 Å². The summed E-state index contributed by atoms with van der Waals surface area (Å²) in [6.45, 7) is 3.96. The monoisotopic (exact) mass is 451 g/mol. The van der Waals surface area contributed by atoms with E-state index >= 15 is 0 Å². The van der Waals surface area contributed by atoms with E-state index in [0.717, 1.165) is 11.1 Å². The molecule has 2 N–H and O–H groups in total. The minimum atomic E-state index is -1.16. The smallest absolute Gasteiger partial charge is 0.337 e. The number of carboxylic acids is 1. The van der Waals surface area contributed by atoms with Gasteiger partial charge in [-0.3, -0.25) is 0 Å². The molecule has 0 radical (unpaired) electrons. The number of carbonyl (C=O) groups is 2. The van der Waals surface area contributed by atoms with Crippen molar-refractivity contribution in [2.45, 2.75) is 39.0 Å². The maximum Gasteiger partial charge on any atom is 0.337 e. The van der Waals surface area contributed by atoms with Gasteiger partial charge in [0.1, 0.15) is 5.57 Å². The first kappa shape index (κ1) is 22.1. The molecule has 2 atom stereocenters. The standard InChI is InChI=1S/C23H25N5O5/c1-4-17-19(21(29)30)20(27-11-10-18-16(13-27)12-24-33-18)28(23(26-17)32-3)22(31)25-14(2)15-8-6-5-7-9-15/h5-12,14,20H,4,13H2,1-3H3,(H,25,31)(H,29,30). The van der Waals surface area contributed by atoms with Gasteiger partial charge in [0, 0.05) is 11.8 Å². The summed E-state index contributed by atoms with van der Waals surface area (Å²) in [6, 6.07) is 8.63. The van der Waals surface area contributed by atoms with Crippen LogP contribution >= 0.6 is 0 Å². The van der Waals surface area contributed by atoms with Crippen LogP contribution < -0.4 is 5.32 Å². The molecule has 2 unspecified atom stereocenters. The molecular weight excluding hydrogens is 426 g/mol. The molecule has 2 aliphatic rings. The molecule has 0 bridgehead atoms. The van der Waals surface area contributed by atoms with Crippen molar-refractivity contribution in [1.29, 1.82) is 0 Å². The third-order valence-corrected chi connectivity index (χ3v) is 5.62. The lowest BCUT2D eigenvalue weighted by molar-refractivity contribution is -0.134. The fourth-order valence-electron chi connectivity index (χ4n) is 3.96. The Morgan fingerprint density at radius 2 is 2.09 bits per heavy atom. The van der Waals surface area contributed by atoms with E-state index in [0.29, 0.717) is 24.4 Å². The first-order valence-electron chi connectivity index (χ1n) is 10.6. The number of rotatable bonds is 5. The Labute approximate surface area is 190 Å². The number of hydrogen-bond acceptors (Lipinski definition) is 7. The Balaban J connectivity index is 1.73. The van der Waals surface area contributed by atoms with Crippen molar-refractivity contribution >= 4 is 24.1 Å². The highest BCUT2D eigenvalue weighted by molar-refractivity contribution is 6.00. The minimum Gasteiger partial charge on any atom is -0.478 e. The number of amides is 2. The maximum absolute atomic E-state index is 13.5. The van der Waals surface area contributed by atoms with Gasteiger partial charge < -0.3 is 24.6 Å². The van der Waals surface area contributed by atoms with E-state index in [1.54, 1.807) is 23.4 Å². The van der Waals surface area contributed by atoms with Crippen LogP contribution in [0.4, 0.5) is 4.79 Å². The number of allylic oxidation sites excluding steroid dienone is 1. The number of aromatic nitrogens is 1. The van der Waals surface area contributed by atoms with Crippen LogP contribution in [0.1, 0.15) is 43.2 Å². The molecule has 1 aromatic heterocycles. The highest BCUT2D eigenvalue weighted by atomic mass is 16.5. The zero-order valence-corrected chi connectivity index (χ0v) is 18.6. The van der Waals surface area contributed by atoms with E-state index in [9.17, 15) is 14.7 Å². The second kappa shape index (κ2) is 9.19. The Hall–Kier alpha value is -4.08. The Morgan fingerprint density at radius 3 is 2.76 bits per heavy atom. The molecule has 33 heavy (non-hydrogen) atoms. The molecule has 10 heteroatoms. The number of nitrogens with one attached hydrogen (secondary N) is 1. The topological polar surface area (TPSA) is 120 Å². The molecule has 4 rings (SSSR count). The van der Waals surface area contributed by atoms with Crippen LogP contribution in [0.3, 0.4) is 0 Å². The summed E-state index contributed by atoms with van der Waals surface area (Å²) in [5, 5.41) is 16.8. The normalized spacial score (nSPS) is 18.5. The van der Waals surface area contributed by atoms with E-state index in [2.05, 4.69) is 15.5 Å². The number of benzene rings is 1. The summed E-state index contributed by atoms with van der Waals surface area (Å²) in [7, 11) is 1.40. The Kier molecular flexibility index (Phi) is 6.16. The van der Waals surface area contributed by atoms with Crippen molar-refractivity contribution < 1.29 is 24.0 Å². The predicted molar refractivity (Wildman–Crippen MR) is 119 cm³/mol. The number of amidine groups is 1. The van der Waals surface area contributed by atoms with Crippen LogP contribution in [0.2, 0.25) is 0 Å². The lowest BCUT2D eigenvalue weighted by atomic mass is 10.0. The number of urea groups is 1. The van der Waals surface area contributed by atoms with Crippen LogP contribution in [0, 0.1) is 0 Å². The number of aliphatic imine (C=N–C) groups is 1. The lowest BCUT2D eigenvalue weighted by Gasteiger charge is -2.42. The number of hydrogen-bond donors (Lipinski definition) is 2. The van der Waals surface area contributed by atoms with Crippen LogP contribution in [0.15, 0.2) is 63.5 Å². The van der Waals surface area contributed by atoms with E-state index in [1.165, 1.54) is 12.0 Å². The number of fused-ring (bicyclic) bond motifs is 1. The average Bonchev–Trinajstić information content (AvgIpc) is 3.30. The molecule has 0 saturated carbocycles. The molecule has 2 amide bonds. The molecule has 172 valence electrons. The zero-order valence-electron chi connectivity index (χ0n) is 18.6. The van der Waals surface area contributed by atoms with Crippen molar-refractivity contribution in [2.75, 3.05) is 7.11 Å². The highest BCUT2D eigenvalue weighted by Crippen LogP contribution is 2.32.